The Labute approximate surface area is 167 Å². The van der Waals surface area contributed by atoms with Gasteiger partial charge in [0, 0.05) is 12.5 Å². The van der Waals surface area contributed by atoms with Crippen LogP contribution >= 0.6 is 0 Å². The summed E-state index contributed by atoms with van der Waals surface area (Å²) in [7, 11) is 2.12. The first-order chi connectivity index (χ1) is 13.7. The van der Waals surface area contributed by atoms with Crippen LogP contribution in [-0.4, -0.2) is 21.6 Å². The van der Waals surface area contributed by atoms with E-state index in [1.54, 1.807) is 0 Å². The molecule has 28 heavy (non-hydrogen) atoms. The highest BCUT2D eigenvalue weighted by atomic mass is 16.7. The first-order valence-electron chi connectivity index (χ1n) is 11.0. The van der Waals surface area contributed by atoms with Crippen molar-refractivity contribution in [3.05, 3.63) is 24.0 Å². The van der Waals surface area contributed by atoms with Gasteiger partial charge in [0.25, 0.3) is 0 Å². The minimum atomic E-state index is 0.210. The summed E-state index contributed by atoms with van der Waals surface area (Å²) in [6, 6.07) is 6.00. The summed E-state index contributed by atoms with van der Waals surface area (Å²) in [6.07, 6.45) is 13.4. The Morgan fingerprint density at radius 3 is 2.54 bits per heavy atom. The minimum absolute atomic E-state index is 0.210. The van der Waals surface area contributed by atoms with Crippen molar-refractivity contribution in [3.8, 4) is 22.9 Å². The zero-order chi connectivity index (χ0) is 19.2. The second-order valence-corrected chi connectivity index (χ2v) is 9.18. The van der Waals surface area contributed by atoms with Gasteiger partial charge in [-0.1, -0.05) is 32.3 Å². The van der Waals surface area contributed by atoms with Crippen molar-refractivity contribution in [1.82, 2.24) is 14.8 Å². The summed E-state index contributed by atoms with van der Waals surface area (Å²) in [5.41, 5.74) is 1.80. The third kappa shape index (κ3) is 2.73. The molecule has 0 amide bonds. The fourth-order valence-electron chi connectivity index (χ4n) is 5.86. The molecule has 3 saturated carbocycles. The van der Waals surface area contributed by atoms with Crippen LogP contribution < -0.4 is 9.47 Å². The highest BCUT2D eigenvalue weighted by Gasteiger charge is 2.51. The van der Waals surface area contributed by atoms with Gasteiger partial charge in [0.2, 0.25) is 6.79 Å². The monoisotopic (exact) mass is 381 g/mol. The van der Waals surface area contributed by atoms with Gasteiger partial charge in [0.1, 0.15) is 5.82 Å². The summed E-state index contributed by atoms with van der Waals surface area (Å²) in [5, 5.41) is 9.33. The van der Waals surface area contributed by atoms with Crippen LogP contribution in [0.1, 0.15) is 77.0 Å². The summed E-state index contributed by atoms with van der Waals surface area (Å²) < 4.78 is 13.5. The van der Waals surface area contributed by atoms with Gasteiger partial charge in [-0.2, -0.15) is 0 Å². The van der Waals surface area contributed by atoms with Crippen molar-refractivity contribution in [2.45, 2.75) is 76.5 Å². The highest BCUT2D eigenvalue weighted by Crippen LogP contribution is 2.59. The number of nitrogens with zero attached hydrogens (tertiary/aromatic N) is 3. The van der Waals surface area contributed by atoms with E-state index in [0.717, 1.165) is 22.9 Å². The Balaban J connectivity index is 1.40. The number of hydrogen-bond donors (Lipinski definition) is 0. The number of fused-ring (bicyclic) bond motifs is 4. The molecule has 0 radical (unpaired) electrons. The third-order valence-electron chi connectivity index (χ3n) is 7.70. The van der Waals surface area contributed by atoms with E-state index in [0.29, 0.717) is 5.41 Å². The van der Waals surface area contributed by atoms with Crippen molar-refractivity contribution in [3.63, 3.8) is 0 Å². The second-order valence-electron chi connectivity index (χ2n) is 9.18. The van der Waals surface area contributed by atoms with Crippen molar-refractivity contribution < 1.29 is 9.47 Å². The molecule has 2 bridgehead atoms. The molecule has 3 aliphatic carbocycles. The molecule has 0 spiro atoms. The Hall–Kier alpha value is -2.04. The molecule has 1 aromatic heterocycles. The lowest BCUT2D eigenvalue weighted by Crippen LogP contribution is -2.45. The van der Waals surface area contributed by atoms with E-state index in [2.05, 4.69) is 29.7 Å². The third-order valence-corrected chi connectivity index (χ3v) is 7.70. The van der Waals surface area contributed by atoms with Gasteiger partial charge in [0.15, 0.2) is 17.3 Å². The maximum absolute atomic E-state index is 5.71. The number of benzene rings is 1. The molecule has 1 aromatic carbocycles. The molecule has 150 valence electrons. The topological polar surface area (TPSA) is 49.2 Å². The molecule has 0 N–H and O–H groups in total. The smallest absolute Gasteiger partial charge is 0.231 e. The summed E-state index contributed by atoms with van der Waals surface area (Å²) in [6.45, 7) is 2.58. The number of para-hydroxylation sites is 1. The fourth-order valence-corrected chi connectivity index (χ4v) is 5.86. The van der Waals surface area contributed by atoms with Gasteiger partial charge < -0.3 is 14.0 Å². The molecule has 6 rings (SSSR count). The quantitative estimate of drug-likeness (QED) is 0.630. The van der Waals surface area contributed by atoms with Crippen molar-refractivity contribution >= 4 is 0 Å². The molecule has 1 aliphatic heterocycles. The van der Waals surface area contributed by atoms with E-state index in [-0.39, 0.29) is 12.2 Å². The van der Waals surface area contributed by atoms with Gasteiger partial charge in [-0.15, -0.1) is 10.2 Å². The maximum Gasteiger partial charge on any atom is 0.231 e. The molecule has 0 unspecified atom stereocenters. The maximum atomic E-state index is 5.71. The standard InChI is InChI=1S/C23H31N3O2/c1-3-4-5-9-22-10-13-23(14-11-22,15-12-22)21-25-24-20(26(21)2)17-7-6-8-18-19(17)28-16-27-18/h6-8H,3-5,9-16H2,1-2H3. The van der Waals surface area contributed by atoms with Crippen LogP contribution in [0, 0.1) is 5.41 Å². The van der Waals surface area contributed by atoms with Crippen LogP contribution in [0.3, 0.4) is 0 Å². The van der Waals surface area contributed by atoms with Crippen molar-refractivity contribution in [1.29, 1.82) is 0 Å². The van der Waals surface area contributed by atoms with E-state index in [1.165, 1.54) is 70.0 Å². The fraction of sp³-hybridized carbons (Fsp3) is 0.652. The number of rotatable bonds is 6. The Morgan fingerprint density at radius 1 is 1.00 bits per heavy atom. The predicted molar refractivity (Wildman–Crippen MR) is 109 cm³/mol. The molecule has 0 saturated heterocycles. The van der Waals surface area contributed by atoms with Gasteiger partial charge >= 0.3 is 0 Å². The molecular formula is C23H31N3O2. The number of unbranched alkanes of at least 4 members (excludes halogenated alkanes) is 2. The number of ether oxygens (including phenoxy) is 2. The SMILES string of the molecule is CCCCCC12CCC(c3nnc(-c4cccc5c4OCO5)n3C)(CC1)CC2. The van der Waals surface area contributed by atoms with Crippen LogP contribution in [0.4, 0.5) is 0 Å². The number of aromatic nitrogens is 3. The molecule has 2 aromatic rings. The Kier molecular flexibility index (Phi) is 4.37. The molecule has 4 aliphatic rings. The zero-order valence-electron chi connectivity index (χ0n) is 17.2. The first kappa shape index (κ1) is 18.0. The predicted octanol–water partition coefficient (Wildman–Crippen LogP) is 5.38. The molecular weight excluding hydrogens is 350 g/mol. The summed E-state index contributed by atoms with van der Waals surface area (Å²) in [5.74, 6) is 3.65. The lowest BCUT2D eigenvalue weighted by molar-refractivity contribution is 0.0250. The zero-order valence-corrected chi connectivity index (χ0v) is 17.2. The van der Waals surface area contributed by atoms with E-state index in [1.807, 2.05) is 12.1 Å². The first-order valence-corrected chi connectivity index (χ1v) is 11.0. The highest BCUT2D eigenvalue weighted by molar-refractivity contribution is 5.69. The normalized spacial score (nSPS) is 28.1. The van der Waals surface area contributed by atoms with Crippen LogP contribution in [0.5, 0.6) is 11.5 Å². The molecule has 5 heteroatoms. The average Bonchev–Trinajstić information content (AvgIpc) is 3.36. The Bertz CT molecular complexity index is 848. The lowest BCUT2D eigenvalue weighted by atomic mass is 9.52. The largest absolute Gasteiger partial charge is 0.454 e. The molecule has 3 fully saturated rings. The summed E-state index contributed by atoms with van der Waals surface area (Å²) >= 11 is 0. The Morgan fingerprint density at radius 2 is 1.79 bits per heavy atom. The summed E-state index contributed by atoms with van der Waals surface area (Å²) in [4.78, 5) is 0. The average molecular weight is 382 g/mol. The molecule has 5 nitrogen and oxygen atoms in total. The van der Waals surface area contributed by atoms with Crippen molar-refractivity contribution in [2.24, 2.45) is 12.5 Å². The van der Waals surface area contributed by atoms with Gasteiger partial charge in [-0.05, 0) is 62.5 Å². The van der Waals surface area contributed by atoms with Crippen molar-refractivity contribution in [2.75, 3.05) is 6.79 Å². The molecule has 0 atom stereocenters. The van der Waals surface area contributed by atoms with E-state index in [9.17, 15) is 0 Å². The van der Waals surface area contributed by atoms with Crippen LogP contribution in [-0.2, 0) is 12.5 Å². The van der Waals surface area contributed by atoms with Gasteiger partial charge in [0.05, 0.1) is 5.56 Å². The van der Waals surface area contributed by atoms with E-state index < -0.39 is 0 Å². The second kappa shape index (κ2) is 6.78. The number of hydrogen-bond acceptors (Lipinski definition) is 4. The van der Waals surface area contributed by atoms with Crippen LogP contribution in [0.15, 0.2) is 18.2 Å². The van der Waals surface area contributed by atoms with E-state index in [4.69, 9.17) is 14.6 Å². The van der Waals surface area contributed by atoms with E-state index >= 15 is 0 Å². The van der Waals surface area contributed by atoms with Crippen LogP contribution in [0.2, 0.25) is 0 Å². The van der Waals surface area contributed by atoms with Gasteiger partial charge in [-0.25, -0.2) is 0 Å². The minimum Gasteiger partial charge on any atom is -0.454 e. The van der Waals surface area contributed by atoms with Gasteiger partial charge in [-0.3, -0.25) is 0 Å². The lowest BCUT2D eigenvalue weighted by Gasteiger charge is -2.53. The van der Waals surface area contributed by atoms with Crippen LogP contribution in [0.25, 0.3) is 11.4 Å². The molecule has 2 heterocycles.